The van der Waals surface area contributed by atoms with Crippen LogP contribution in [-0.2, 0) is 0 Å². The Kier molecular flexibility index (Phi) is 4.97. The molecule has 1 heterocycles. The number of hydrazone groups is 1. The van der Waals surface area contributed by atoms with Gasteiger partial charge in [0.25, 0.3) is 0 Å². The lowest BCUT2D eigenvalue weighted by Crippen LogP contribution is -2.19. The molecule has 5 nitrogen and oxygen atoms in total. The first-order valence-corrected chi connectivity index (χ1v) is 7.83. The summed E-state index contributed by atoms with van der Waals surface area (Å²) >= 11 is 0. The van der Waals surface area contributed by atoms with Crippen molar-refractivity contribution in [2.75, 3.05) is 0 Å². The third kappa shape index (κ3) is 3.72. The van der Waals surface area contributed by atoms with Crippen molar-refractivity contribution in [2.45, 2.75) is 20.5 Å². The van der Waals surface area contributed by atoms with Crippen LogP contribution >= 0.6 is 0 Å². The fourth-order valence-corrected chi connectivity index (χ4v) is 2.52. The van der Waals surface area contributed by atoms with Crippen LogP contribution in [0.25, 0.3) is 11.0 Å². The van der Waals surface area contributed by atoms with Gasteiger partial charge in [-0.15, -0.1) is 0 Å². The molecule has 0 unspecified atom stereocenters. The maximum Gasteiger partial charge on any atom is 0.387 e. The normalized spacial score (nSPS) is 11.8. The van der Waals surface area contributed by atoms with Gasteiger partial charge in [-0.3, -0.25) is 4.79 Å². The van der Waals surface area contributed by atoms with Gasteiger partial charge >= 0.3 is 12.5 Å². The molecular weight excluding hydrogens is 342 g/mol. The molecule has 0 saturated carbocycles. The number of nitrogens with zero attached hydrogens (tertiary/aromatic N) is 1. The average Bonchev–Trinajstić information content (AvgIpc) is 2.97. The number of carbonyl (C=O) groups excluding carboxylic acids is 1. The summed E-state index contributed by atoms with van der Waals surface area (Å²) in [5.41, 5.74) is 4.99. The molecule has 134 valence electrons. The number of halogens is 2. The summed E-state index contributed by atoms with van der Waals surface area (Å²) in [5, 5.41) is 4.91. The molecule has 2 aromatic carbocycles. The zero-order valence-electron chi connectivity index (χ0n) is 14.1. The Balaban J connectivity index is 1.73. The third-order valence-corrected chi connectivity index (χ3v) is 3.87. The van der Waals surface area contributed by atoms with E-state index in [0.29, 0.717) is 16.9 Å². The molecule has 3 aromatic rings. The molecule has 1 aromatic heterocycles. The van der Waals surface area contributed by atoms with E-state index in [1.807, 2.05) is 18.2 Å². The van der Waals surface area contributed by atoms with Gasteiger partial charge in [0, 0.05) is 10.9 Å². The molecule has 0 atom stereocenters. The molecule has 3 rings (SSSR count). The molecule has 7 heteroatoms. The zero-order chi connectivity index (χ0) is 18.7. The van der Waals surface area contributed by atoms with Gasteiger partial charge in [-0.1, -0.05) is 18.2 Å². The van der Waals surface area contributed by atoms with Crippen LogP contribution in [0.5, 0.6) is 5.75 Å². The Morgan fingerprint density at radius 3 is 2.50 bits per heavy atom. The van der Waals surface area contributed by atoms with Gasteiger partial charge in [-0.25, -0.2) is 5.43 Å². The SMILES string of the molecule is C/C(=N/NC(=O)c1oc2ccccc2c1C)c1ccc(OC(F)F)cc1. The number of amides is 1. The lowest BCUT2D eigenvalue weighted by atomic mass is 10.1. The van der Waals surface area contributed by atoms with Crippen LogP contribution in [0.1, 0.15) is 28.6 Å². The highest BCUT2D eigenvalue weighted by molar-refractivity contribution is 6.02. The molecule has 26 heavy (non-hydrogen) atoms. The van der Waals surface area contributed by atoms with E-state index in [2.05, 4.69) is 15.3 Å². The highest BCUT2D eigenvalue weighted by Crippen LogP contribution is 2.24. The number of hydrogen-bond donors (Lipinski definition) is 1. The molecule has 0 aliphatic heterocycles. The number of rotatable bonds is 5. The van der Waals surface area contributed by atoms with E-state index in [1.54, 1.807) is 32.0 Å². The first kappa shape index (κ1) is 17.6. The Morgan fingerprint density at radius 1 is 1.15 bits per heavy atom. The summed E-state index contributed by atoms with van der Waals surface area (Å²) in [4.78, 5) is 12.3. The summed E-state index contributed by atoms with van der Waals surface area (Å²) in [5.74, 6) is -0.211. The van der Waals surface area contributed by atoms with Crippen LogP contribution in [0.15, 0.2) is 58.0 Å². The maximum atomic E-state index is 12.3. The second-order valence-electron chi connectivity index (χ2n) is 5.59. The molecule has 1 amide bonds. The second kappa shape index (κ2) is 7.35. The van der Waals surface area contributed by atoms with E-state index in [1.165, 1.54) is 12.1 Å². The van der Waals surface area contributed by atoms with Crippen LogP contribution in [-0.4, -0.2) is 18.2 Å². The minimum Gasteiger partial charge on any atom is -0.451 e. The highest BCUT2D eigenvalue weighted by Gasteiger charge is 2.17. The molecule has 0 saturated heterocycles. The number of para-hydroxylation sites is 1. The number of aryl methyl sites for hydroxylation is 1. The van der Waals surface area contributed by atoms with Crippen molar-refractivity contribution in [3.63, 3.8) is 0 Å². The van der Waals surface area contributed by atoms with Crippen molar-refractivity contribution in [1.29, 1.82) is 0 Å². The molecule has 0 aliphatic carbocycles. The summed E-state index contributed by atoms with van der Waals surface area (Å²) < 4.78 is 34.2. The predicted molar refractivity (Wildman–Crippen MR) is 93.7 cm³/mol. The van der Waals surface area contributed by atoms with Gasteiger partial charge in [-0.05, 0) is 49.7 Å². The first-order valence-electron chi connectivity index (χ1n) is 7.83. The number of nitrogens with one attached hydrogen (secondary N) is 1. The van der Waals surface area contributed by atoms with Crippen molar-refractivity contribution < 1.29 is 22.7 Å². The van der Waals surface area contributed by atoms with Gasteiger partial charge in [0.1, 0.15) is 11.3 Å². The Morgan fingerprint density at radius 2 is 1.85 bits per heavy atom. The summed E-state index contributed by atoms with van der Waals surface area (Å²) in [6.45, 7) is 0.621. The Hall–Kier alpha value is -3.22. The van der Waals surface area contributed by atoms with E-state index < -0.39 is 12.5 Å². The van der Waals surface area contributed by atoms with Gasteiger partial charge in [0.05, 0.1) is 5.71 Å². The summed E-state index contributed by atoms with van der Waals surface area (Å²) in [6, 6.07) is 13.3. The molecule has 0 bridgehead atoms. The lowest BCUT2D eigenvalue weighted by molar-refractivity contribution is -0.0498. The smallest absolute Gasteiger partial charge is 0.387 e. The Bertz CT molecular complexity index is 963. The number of carbonyl (C=O) groups is 1. The van der Waals surface area contributed by atoms with Crippen LogP contribution in [0.3, 0.4) is 0 Å². The van der Waals surface area contributed by atoms with E-state index in [0.717, 1.165) is 10.9 Å². The van der Waals surface area contributed by atoms with E-state index in [9.17, 15) is 13.6 Å². The van der Waals surface area contributed by atoms with Gasteiger partial charge in [0.15, 0.2) is 5.76 Å². The summed E-state index contributed by atoms with van der Waals surface area (Å²) in [6.07, 6.45) is 0. The lowest BCUT2D eigenvalue weighted by Gasteiger charge is -2.06. The van der Waals surface area contributed by atoms with Crippen molar-refractivity contribution in [3.05, 3.63) is 65.4 Å². The highest BCUT2D eigenvalue weighted by atomic mass is 19.3. The summed E-state index contributed by atoms with van der Waals surface area (Å²) in [7, 11) is 0. The van der Waals surface area contributed by atoms with Crippen molar-refractivity contribution in [1.82, 2.24) is 5.43 Å². The minimum absolute atomic E-state index is 0.0542. The second-order valence-corrected chi connectivity index (χ2v) is 5.59. The van der Waals surface area contributed by atoms with Gasteiger partial charge in [0.2, 0.25) is 0 Å². The molecule has 0 aliphatic rings. The van der Waals surface area contributed by atoms with Crippen LogP contribution in [0, 0.1) is 6.92 Å². The molecule has 1 N–H and O–H groups in total. The van der Waals surface area contributed by atoms with E-state index >= 15 is 0 Å². The number of ether oxygens (including phenoxy) is 1. The number of furan rings is 1. The fourth-order valence-electron chi connectivity index (χ4n) is 2.52. The van der Waals surface area contributed by atoms with Gasteiger partial charge < -0.3 is 9.15 Å². The number of benzene rings is 2. The number of alkyl halides is 2. The van der Waals surface area contributed by atoms with Crippen molar-refractivity contribution >= 4 is 22.6 Å². The Labute approximate surface area is 148 Å². The molecule has 0 fully saturated rings. The first-order chi connectivity index (χ1) is 12.5. The van der Waals surface area contributed by atoms with Crippen LogP contribution in [0.4, 0.5) is 8.78 Å². The van der Waals surface area contributed by atoms with Crippen molar-refractivity contribution in [3.8, 4) is 5.75 Å². The van der Waals surface area contributed by atoms with Crippen LogP contribution in [0.2, 0.25) is 0 Å². The molecular formula is C19H16F2N2O3. The maximum absolute atomic E-state index is 12.3. The standard InChI is InChI=1S/C19H16F2N2O3/c1-11-15-5-3-4-6-16(15)26-17(11)18(24)23-22-12(2)13-7-9-14(10-8-13)25-19(20)21/h3-10,19H,1-2H3,(H,23,24)/b22-12-. The largest absolute Gasteiger partial charge is 0.451 e. The topological polar surface area (TPSA) is 63.8 Å². The zero-order valence-corrected chi connectivity index (χ0v) is 14.1. The molecule has 0 radical (unpaired) electrons. The number of hydrogen-bond acceptors (Lipinski definition) is 4. The average molecular weight is 358 g/mol. The van der Waals surface area contributed by atoms with Crippen LogP contribution < -0.4 is 10.2 Å². The van der Waals surface area contributed by atoms with E-state index in [-0.39, 0.29) is 11.5 Å². The quantitative estimate of drug-likeness (QED) is 0.540. The minimum atomic E-state index is -2.87. The predicted octanol–water partition coefficient (Wildman–Crippen LogP) is 4.50. The third-order valence-electron chi connectivity index (χ3n) is 3.87. The monoisotopic (exact) mass is 358 g/mol. The van der Waals surface area contributed by atoms with Gasteiger partial charge in [-0.2, -0.15) is 13.9 Å². The molecule has 0 spiro atoms. The van der Waals surface area contributed by atoms with E-state index in [4.69, 9.17) is 4.42 Å². The fraction of sp³-hybridized carbons (Fsp3) is 0.158. The number of fused-ring (bicyclic) bond motifs is 1. The van der Waals surface area contributed by atoms with Crippen molar-refractivity contribution in [2.24, 2.45) is 5.10 Å².